The average molecular weight is 228 g/mol. The molecule has 1 unspecified atom stereocenters. The molecule has 2 aliphatic rings. The van der Waals surface area contributed by atoms with Crippen molar-refractivity contribution in [3.63, 3.8) is 0 Å². The second kappa shape index (κ2) is 6.12. The van der Waals surface area contributed by atoms with Crippen molar-refractivity contribution in [1.82, 2.24) is 10.2 Å². The van der Waals surface area contributed by atoms with Crippen LogP contribution in [0.4, 0.5) is 0 Å². The number of hydrogen-bond acceptors (Lipinski definition) is 3. The second-order valence-corrected chi connectivity index (χ2v) is 6.11. The first-order chi connectivity index (χ1) is 7.36. The summed E-state index contributed by atoms with van der Waals surface area (Å²) in [7, 11) is 0. The molecule has 1 saturated carbocycles. The molecular formula is C12H24N2S. The van der Waals surface area contributed by atoms with Crippen LogP contribution in [0.2, 0.25) is 0 Å². The largest absolute Gasteiger partial charge is 0.312 e. The summed E-state index contributed by atoms with van der Waals surface area (Å²) in [5.74, 6) is 2.65. The Bertz CT molecular complexity index is 174. The van der Waals surface area contributed by atoms with Crippen molar-refractivity contribution in [2.75, 3.05) is 31.1 Å². The molecule has 1 aliphatic carbocycles. The molecule has 0 bridgehead atoms. The van der Waals surface area contributed by atoms with Gasteiger partial charge in [-0.15, -0.1) is 0 Å². The highest BCUT2D eigenvalue weighted by Gasteiger charge is 2.19. The SMILES string of the molecule is CC(CNC1CCCC1)N1CCSCC1. The summed E-state index contributed by atoms with van der Waals surface area (Å²) in [5, 5.41) is 3.73. The van der Waals surface area contributed by atoms with Crippen molar-refractivity contribution >= 4 is 11.8 Å². The Morgan fingerprint density at radius 3 is 2.60 bits per heavy atom. The maximum Gasteiger partial charge on any atom is 0.0193 e. The van der Waals surface area contributed by atoms with Gasteiger partial charge < -0.3 is 5.32 Å². The van der Waals surface area contributed by atoms with Crippen LogP contribution in [0.3, 0.4) is 0 Å². The number of nitrogens with zero attached hydrogens (tertiary/aromatic N) is 1. The van der Waals surface area contributed by atoms with E-state index in [9.17, 15) is 0 Å². The Balaban J connectivity index is 1.64. The van der Waals surface area contributed by atoms with E-state index in [1.54, 1.807) is 0 Å². The minimum Gasteiger partial charge on any atom is -0.312 e. The standard InChI is InChI=1S/C12H24N2S/c1-11(14-6-8-15-9-7-14)10-13-12-4-2-3-5-12/h11-13H,2-10H2,1H3. The molecule has 0 aromatic carbocycles. The molecule has 3 heteroatoms. The predicted molar refractivity (Wildman–Crippen MR) is 68.6 cm³/mol. The molecule has 1 heterocycles. The van der Waals surface area contributed by atoms with Crippen LogP contribution in [-0.4, -0.2) is 48.1 Å². The molecule has 2 nitrogen and oxygen atoms in total. The van der Waals surface area contributed by atoms with Gasteiger partial charge in [0.15, 0.2) is 0 Å². The molecule has 2 rings (SSSR count). The van der Waals surface area contributed by atoms with Gasteiger partial charge in [0.25, 0.3) is 0 Å². The molecule has 0 aromatic rings. The lowest BCUT2D eigenvalue weighted by Crippen LogP contribution is -2.46. The van der Waals surface area contributed by atoms with Gasteiger partial charge in [-0.05, 0) is 19.8 Å². The van der Waals surface area contributed by atoms with Gasteiger partial charge in [-0.3, -0.25) is 4.90 Å². The zero-order valence-corrected chi connectivity index (χ0v) is 10.7. The van der Waals surface area contributed by atoms with E-state index in [-0.39, 0.29) is 0 Å². The van der Waals surface area contributed by atoms with E-state index in [0.29, 0.717) is 0 Å². The fourth-order valence-electron chi connectivity index (χ4n) is 2.61. The van der Waals surface area contributed by atoms with Crippen LogP contribution in [0.5, 0.6) is 0 Å². The van der Waals surface area contributed by atoms with Crippen LogP contribution in [0.1, 0.15) is 32.6 Å². The smallest absolute Gasteiger partial charge is 0.0193 e. The molecule has 1 N–H and O–H groups in total. The first kappa shape index (κ1) is 11.7. The highest BCUT2D eigenvalue weighted by Crippen LogP contribution is 2.18. The van der Waals surface area contributed by atoms with E-state index >= 15 is 0 Å². The number of rotatable bonds is 4. The molecule has 88 valence electrons. The lowest BCUT2D eigenvalue weighted by Gasteiger charge is -2.32. The minimum atomic E-state index is 0.728. The highest BCUT2D eigenvalue weighted by atomic mass is 32.2. The normalized spacial score (nSPS) is 27.0. The van der Waals surface area contributed by atoms with Crippen molar-refractivity contribution in [2.24, 2.45) is 0 Å². The van der Waals surface area contributed by atoms with Crippen LogP contribution in [0.25, 0.3) is 0 Å². The van der Waals surface area contributed by atoms with Crippen molar-refractivity contribution in [3.05, 3.63) is 0 Å². The topological polar surface area (TPSA) is 15.3 Å². The predicted octanol–water partition coefficient (Wildman–Crippen LogP) is 1.96. The van der Waals surface area contributed by atoms with E-state index < -0.39 is 0 Å². The fraction of sp³-hybridized carbons (Fsp3) is 1.00. The molecule has 0 spiro atoms. The lowest BCUT2D eigenvalue weighted by molar-refractivity contribution is 0.220. The van der Waals surface area contributed by atoms with Crippen LogP contribution in [0, 0.1) is 0 Å². The van der Waals surface area contributed by atoms with Gasteiger partial charge in [-0.1, -0.05) is 12.8 Å². The Hall–Kier alpha value is 0.270. The first-order valence-electron chi connectivity index (χ1n) is 6.41. The zero-order chi connectivity index (χ0) is 10.5. The molecule has 15 heavy (non-hydrogen) atoms. The molecule has 0 radical (unpaired) electrons. The number of hydrogen-bond donors (Lipinski definition) is 1. The molecule has 1 aliphatic heterocycles. The van der Waals surface area contributed by atoms with Crippen LogP contribution in [0.15, 0.2) is 0 Å². The van der Waals surface area contributed by atoms with E-state index in [4.69, 9.17) is 0 Å². The molecular weight excluding hydrogens is 204 g/mol. The quantitative estimate of drug-likeness (QED) is 0.792. The van der Waals surface area contributed by atoms with Crippen molar-refractivity contribution in [3.8, 4) is 0 Å². The third kappa shape index (κ3) is 3.65. The van der Waals surface area contributed by atoms with Crippen molar-refractivity contribution < 1.29 is 0 Å². The minimum absolute atomic E-state index is 0.728. The van der Waals surface area contributed by atoms with Gasteiger partial charge in [-0.2, -0.15) is 11.8 Å². The van der Waals surface area contributed by atoms with Crippen LogP contribution < -0.4 is 5.32 Å². The van der Waals surface area contributed by atoms with Gasteiger partial charge in [-0.25, -0.2) is 0 Å². The van der Waals surface area contributed by atoms with E-state index in [1.807, 2.05) is 0 Å². The maximum absolute atomic E-state index is 3.73. The summed E-state index contributed by atoms with van der Waals surface area (Å²) in [4.78, 5) is 2.64. The summed E-state index contributed by atoms with van der Waals surface area (Å²) >= 11 is 2.10. The van der Waals surface area contributed by atoms with Gasteiger partial charge in [0, 0.05) is 43.2 Å². The summed E-state index contributed by atoms with van der Waals surface area (Å²) in [5.41, 5.74) is 0. The second-order valence-electron chi connectivity index (χ2n) is 4.89. The van der Waals surface area contributed by atoms with Gasteiger partial charge in [0.05, 0.1) is 0 Å². The molecule has 1 atom stereocenters. The number of thioether (sulfide) groups is 1. The van der Waals surface area contributed by atoms with Gasteiger partial charge in [0.2, 0.25) is 0 Å². The maximum atomic E-state index is 3.73. The zero-order valence-electron chi connectivity index (χ0n) is 9.87. The van der Waals surface area contributed by atoms with E-state index in [2.05, 4.69) is 28.9 Å². The average Bonchev–Trinajstić information content (AvgIpc) is 2.80. The molecule has 2 fully saturated rings. The van der Waals surface area contributed by atoms with E-state index in [0.717, 1.165) is 12.1 Å². The molecule has 0 amide bonds. The summed E-state index contributed by atoms with van der Waals surface area (Å²) in [6, 6.07) is 1.55. The van der Waals surface area contributed by atoms with E-state index in [1.165, 1.54) is 56.8 Å². The van der Waals surface area contributed by atoms with Gasteiger partial charge in [0.1, 0.15) is 0 Å². The fourth-order valence-corrected chi connectivity index (χ4v) is 3.55. The monoisotopic (exact) mass is 228 g/mol. The first-order valence-corrected chi connectivity index (χ1v) is 7.57. The van der Waals surface area contributed by atoms with Crippen LogP contribution in [-0.2, 0) is 0 Å². The Kier molecular flexibility index (Phi) is 4.79. The Labute approximate surface area is 98.2 Å². The van der Waals surface area contributed by atoms with Crippen molar-refractivity contribution in [1.29, 1.82) is 0 Å². The third-order valence-electron chi connectivity index (χ3n) is 3.73. The summed E-state index contributed by atoms with van der Waals surface area (Å²) in [6.45, 7) is 6.14. The van der Waals surface area contributed by atoms with Gasteiger partial charge >= 0.3 is 0 Å². The summed E-state index contributed by atoms with van der Waals surface area (Å²) < 4.78 is 0. The Morgan fingerprint density at radius 1 is 1.27 bits per heavy atom. The third-order valence-corrected chi connectivity index (χ3v) is 4.67. The van der Waals surface area contributed by atoms with Crippen LogP contribution >= 0.6 is 11.8 Å². The Morgan fingerprint density at radius 2 is 1.93 bits per heavy atom. The highest BCUT2D eigenvalue weighted by molar-refractivity contribution is 7.99. The number of nitrogens with one attached hydrogen (secondary N) is 1. The lowest BCUT2D eigenvalue weighted by atomic mass is 10.2. The molecule has 0 aromatic heterocycles. The van der Waals surface area contributed by atoms with Crippen molar-refractivity contribution in [2.45, 2.75) is 44.7 Å². The molecule has 1 saturated heterocycles. The summed E-state index contributed by atoms with van der Waals surface area (Å²) in [6.07, 6.45) is 5.68.